The third-order valence-electron chi connectivity index (χ3n) is 5.04. The Balaban J connectivity index is 1.44. The van der Waals surface area contributed by atoms with Gasteiger partial charge in [-0.2, -0.15) is 0 Å². The average molecular weight is 403 g/mol. The first-order valence-corrected chi connectivity index (χ1v) is 9.79. The molecule has 6 nitrogen and oxygen atoms in total. The van der Waals surface area contributed by atoms with Gasteiger partial charge in [0.1, 0.15) is 0 Å². The van der Waals surface area contributed by atoms with Crippen molar-refractivity contribution in [1.29, 1.82) is 0 Å². The summed E-state index contributed by atoms with van der Waals surface area (Å²) in [5, 5.41) is 3.75. The van der Waals surface area contributed by atoms with Crippen LogP contribution in [0.3, 0.4) is 0 Å². The van der Waals surface area contributed by atoms with Gasteiger partial charge in [-0.25, -0.2) is 0 Å². The van der Waals surface area contributed by atoms with Crippen LogP contribution >= 0.6 is 11.6 Å². The minimum atomic E-state index is -0.0127. The Hall–Kier alpha value is -2.28. The maximum absolute atomic E-state index is 12.5. The van der Waals surface area contributed by atoms with Crippen LogP contribution in [0, 0.1) is 0 Å². The molecule has 1 fully saturated rings. The first-order chi connectivity index (χ1) is 13.7. The summed E-state index contributed by atoms with van der Waals surface area (Å²) in [7, 11) is 0. The Morgan fingerprint density at radius 3 is 2.61 bits per heavy atom. The Bertz CT molecular complexity index is 822. The SMILES string of the molecule is O=C(Cc1ccc(Cl)cc1)NC[C@H](c1ccc2c(c1)OCO2)N1CCOCC1. The predicted molar refractivity (Wildman–Crippen MR) is 106 cm³/mol. The molecule has 0 aliphatic carbocycles. The van der Waals surface area contributed by atoms with Gasteiger partial charge in [-0.05, 0) is 35.4 Å². The summed E-state index contributed by atoms with van der Waals surface area (Å²) in [4.78, 5) is 14.8. The highest BCUT2D eigenvalue weighted by Crippen LogP contribution is 2.35. The Labute approximate surface area is 169 Å². The maximum Gasteiger partial charge on any atom is 0.231 e. The molecule has 0 spiro atoms. The molecule has 1 amide bonds. The van der Waals surface area contributed by atoms with Gasteiger partial charge in [-0.15, -0.1) is 0 Å². The molecule has 2 aliphatic heterocycles. The standard InChI is InChI=1S/C21H23ClN2O4/c22-17-4-1-15(2-5-17)11-21(25)23-13-18(24-7-9-26-10-8-24)16-3-6-19-20(12-16)28-14-27-19/h1-6,12,18H,7-11,13-14H2,(H,23,25)/t18-/m1/s1. The lowest BCUT2D eigenvalue weighted by atomic mass is 10.0. The number of amides is 1. The van der Waals surface area contributed by atoms with Crippen molar-refractivity contribution in [2.45, 2.75) is 12.5 Å². The lowest BCUT2D eigenvalue weighted by molar-refractivity contribution is -0.120. The molecule has 2 aromatic carbocycles. The van der Waals surface area contributed by atoms with E-state index in [0.717, 1.165) is 35.7 Å². The average Bonchev–Trinajstić information content (AvgIpc) is 3.19. The number of nitrogens with one attached hydrogen (secondary N) is 1. The highest BCUT2D eigenvalue weighted by atomic mass is 35.5. The molecule has 7 heteroatoms. The highest BCUT2D eigenvalue weighted by molar-refractivity contribution is 6.30. The summed E-state index contributed by atoms with van der Waals surface area (Å²) >= 11 is 5.91. The molecule has 28 heavy (non-hydrogen) atoms. The smallest absolute Gasteiger partial charge is 0.231 e. The summed E-state index contributed by atoms with van der Waals surface area (Å²) in [6.45, 7) is 3.81. The van der Waals surface area contributed by atoms with Crippen molar-refractivity contribution in [3.8, 4) is 11.5 Å². The molecular formula is C21H23ClN2O4. The van der Waals surface area contributed by atoms with Crippen LogP contribution in [0.15, 0.2) is 42.5 Å². The Morgan fingerprint density at radius 2 is 1.82 bits per heavy atom. The number of nitrogens with zero attached hydrogens (tertiary/aromatic N) is 1. The van der Waals surface area contributed by atoms with Crippen molar-refractivity contribution >= 4 is 17.5 Å². The number of ether oxygens (including phenoxy) is 3. The second-order valence-corrected chi connectivity index (χ2v) is 7.32. The number of benzene rings is 2. The summed E-state index contributed by atoms with van der Waals surface area (Å²) in [5.74, 6) is 1.50. The Kier molecular flexibility index (Phi) is 6.00. The van der Waals surface area contributed by atoms with Crippen molar-refractivity contribution in [3.63, 3.8) is 0 Å². The molecule has 2 heterocycles. The van der Waals surface area contributed by atoms with Crippen LogP contribution in [0.1, 0.15) is 17.2 Å². The van der Waals surface area contributed by atoms with Gasteiger partial charge >= 0.3 is 0 Å². The first-order valence-electron chi connectivity index (χ1n) is 9.41. The summed E-state index contributed by atoms with van der Waals surface area (Å²) in [6.07, 6.45) is 0.328. The van der Waals surface area contributed by atoms with Gasteiger partial charge in [-0.3, -0.25) is 9.69 Å². The van der Waals surface area contributed by atoms with E-state index in [1.54, 1.807) is 12.1 Å². The van der Waals surface area contributed by atoms with E-state index >= 15 is 0 Å². The zero-order valence-electron chi connectivity index (χ0n) is 15.5. The molecule has 1 atom stereocenters. The number of rotatable bonds is 6. The lowest BCUT2D eigenvalue weighted by Crippen LogP contribution is -2.44. The third-order valence-corrected chi connectivity index (χ3v) is 5.29. The largest absolute Gasteiger partial charge is 0.454 e. The fourth-order valence-electron chi connectivity index (χ4n) is 3.53. The minimum Gasteiger partial charge on any atom is -0.454 e. The van der Waals surface area contributed by atoms with Crippen LogP contribution in [0.4, 0.5) is 0 Å². The van der Waals surface area contributed by atoms with Crippen molar-refractivity contribution in [2.24, 2.45) is 0 Å². The summed E-state index contributed by atoms with van der Waals surface area (Å²) in [6, 6.07) is 13.4. The molecule has 0 bridgehead atoms. The molecular weight excluding hydrogens is 380 g/mol. The quantitative estimate of drug-likeness (QED) is 0.805. The zero-order valence-corrected chi connectivity index (χ0v) is 16.3. The van der Waals surface area contributed by atoms with Crippen molar-refractivity contribution in [3.05, 3.63) is 58.6 Å². The second-order valence-electron chi connectivity index (χ2n) is 6.88. The highest BCUT2D eigenvalue weighted by Gasteiger charge is 2.25. The van der Waals surface area contributed by atoms with Crippen LogP contribution < -0.4 is 14.8 Å². The molecule has 1 N–H and O–H groups in total. The topological polar surface area (TPSA) is 60.0 Å². The van der Waals surface area contributed by atoms with Crippen LogP contribution in [-0.2, 0) is 16.0 Å². The van der Waals surface area contributed by atoms with Crippen LogP contribution in [-0.4, -0.2) is 50.4 Å². The van der Waals surface area contributed by atoms with E-state index in [0.29, 0.717) is 31.2 Å². The van der Waals surface area contributed by atoms with Crippen molar-refractivity contribution < 1.29 is 19.0 Å². The summed E-state index contributed by atoms with van der Waals surface area (Å²) in [5.41, 5.74) is 2.03. The Morgan fingerprint density at radius 1 is 1.07 bits per heavy atom. The van der Waals surface area contributed by atoms with Crippen LogP contribution in [0.25, 0.3) is 0 Å². The van der Waals surface area contributed by atoms with E-state index in [1.807, 2.05) is 30.3 Å². The van der Waals surface area contributed by atoms with E-state index in [2.05, 4.69) is 10.2 Å². The minimum absolute atomic E-state index is 0.0127. The van der Waals surface area contributed by atoms with Gasteiger partial charge in [0, 0.05) is 24.7 Å². The van der Waals surface area contributed by atoms with Gasteiger partial charge < -0.3 is 19.5 Å². The van der Waals surface area contributed by atoms with Crippen LogP contribution in [0.5, 0.6) is 11.5 Å². The van der Waals surface area contributed by atoms with E-state index in [4.69, 9.17) is 25.8 Å². The number of hydrogen-bond donors (Lipinski definition) is 1. The molecule has 0 saturated carbocycles. The fraction of sp³-hybridized carbons (Fsp3) is 0.381. The van der Waals surface area contributed by atoms with E-state index in [1.165, 1.54) is 0 Å². The van der Waals surface area contributed by atoms with Gasteiger partial charge in [0.2, 0.25) is 12.7 Å². The second kappa shape index (κ2) is 8.82. The lowest BCUT2D eigenvalue weighted by Gasteiger charge is -2.35. The molecule has 148 valence electrons. The molecule has 0 unspecified atom stereocenters. The molecule has 2 aliphatic rings. The molecule has 0 radical (unpaired) electrons. The molecule has 2 aromatic rings. The van der Waals surface area contributed by atoms with Crippen molar-refractivity contribution in [2.75, 3.05) is 39.6 Å². The number of halogens is 1. The zero-order chi connectivity index (χ0) is 19.3. The summed E-state index contributed by atoms with van der Waals surface area (Å²) < 4.78 is 16.4. The van der Waals surface area contributed by atoms with Gasteiger partial charge in [0.05, 0.1) is 25.7 Å². The van der Waals surface area contributed by atoms with Gasteiger partial charge in [0.15, 0.2) is 11.5 Å². The van der Waals surface area contributed by atoms with Gasteiger partial charge in [0.25, 0.3) is 0 Å². The fourth-order valence-corrected chi connectivity index (χ4v) is 3.65. The molecule has 4 rings (SSSR count). The van der Waals surface area contributed by atoms with Crippen molar-refractivity contribution in [1.82, 2.24) is 10.2 Å². The molecule has 1 saturated heterocycles. The monoisotopic (exact) mass is 402 g/mol. The third kappa shape index (κ3) is 4.58. The number of morpholine rings is 1. The number of carbonyl (C=O) groups is 1. The molecule has 0 aromatic heterocycles. The first kappa shape index (κ1) is 19.1. The van der Waals surface area contributed by atoms with Crippen LogP contribution in [0.2, 0.25) is 5.02 Å². The predicted octanol–water partition coefficient (Wildman–Crippen LogP) is 2.80. The normalized spacial score (nSPS) is 17.3. The number of fused-ring (bicyclic) bond motifs is 1. The van der Waals surface area contributed by atoms with E-state index in [9.17, 15) is 4.79 Å². The van der Waals surface area contributed by atoms with Gasteiger partial charge in [-0.1, -0.05) is 29.8 Å². The number of hydrogen-bond acceptors (Lipinski definition) is 5. The van der Waals surface area contributed by atoms with E-state index < -0.39 is 0 Å². The van der Waals surface area contributed by atoms with E-state index in [-0.39, 0.29) is 18.7 Å². The maximum atomic E-state index is 12.5. The number of carbonyl (C=O) groups excluding carboxylic acids is 1.